The van der Waals surface area contributed by atoms with Crippen LogP contribution in [-0.4, -0.2) is 58.6 Å². The molecule has 2 N–H and O–H groups in total. The van der Waals surface area contributed by atoms with Crippen LogP contribution in [0, 0.1) is 23.2 Å². The summed E-state index contributed by atoms with van der Waals surface area (Å²) >= 11 is 0. The molecule has 1 amide bonds. The second-order valence-corrected chi connectivity index (χ2v) is 18.6. The zero-order valence-electron chi connectivity index (χ0n) is 35.6. The quantitative estimate of drug-likeness (QED) is 0.162. The molecule has 7 atom stereocenters. The molecule has 3 aliphatic heterocycles. The van der Waals surface area contributed by atoms with Crippen molar-refractivity contribution in [3.63, 3.8) is 0 Å². The number of hydrogen-bond acceptors (Lipinski definition) is 8. The molecule has 0 aromatic heterocycles. The highest BCUT2D eigenvalue weighted by Gasteiger charge is 2.93. The summed E-state index contributed by atoms with van der Waals surface area (Å²) in [5, 5.41) is 15.1. The summed E-state index contributed by atoms with van der Waals surface area (Å²) in [7, 11) is 1.63. The third kappa shape index (κ3) is 5.55. The van der Waals surface area contributed by atoms with Gasteiger partial charge in [-0.15, -0.1) is 0 Å². The van der Waals surface area contributed by atoms with Gasteiger partial charge in [0.15, 0.2) is 22.8 Å². The first-order chi connectivity index (χ1) is 27.4. The van der Waals surface area contributed by atoms with Crippen LogP contribution in [-0.2, 0) is 27.2 Å². The maximum Gasteiger partial charge on any atom is 0.246 e. The molecule has 9 heteroatoms. The molecule has 2 aromatic carbocycles. The number of carbonyl (C=O) groups is 3. The van der Waals surface area contributed by atoms with Crippen molar-refractivity contribution >= 4 is 23.5 Å². The van der Waals surface area contributed by atoms with E-state index in [9.17, 15) is 9.90 Å². The van der Waals surface area contributed by atoms with Crippen LogP contribution in [0.2, 0.25) is 0 Å². The van der Waals surface area contributed by atoms with Crippen molar-refractivity contribution in [2.45, 2.75) is 117 Å². The molecule has 0 radical (unpaired) electrons. The molecule has 1 saturated heterocycles. The van der Waals surface area contributed by atoms with Gasteiger partial charge in [-0.25, -0.2) is 0 Å². The molecule has 5 unspecified atom stereocenters. The molecule has 2 spiro atoms. The molecular weight excluding hydrogens is 731 g/mol. The fraction of sp³-hybridized carbons (Fsp3) is 0.490. The van der Waals surface area contributed by atoms with Crippen LogP contribution in [0.3, 0.4) is 0 Å². The minimum Gasteiger partial charge on any atom is -0.506 e. The van der Waals surface area contributed by atoms with Gasteiger partial charge in [0, 0.05) is 46.9 Å². The molecule has 9 nitrogen and oxygen atoms in total. The summed E-state index contributed by atoms with van der Waals surface area (Å²) in [6.07, 6.45) is 14.3. The van der Waals surface area contributed by atoms with Crippen molar-refractivity contribution in [1.82, 2.24) is 5.32 Å². The van der Waals surface area contributed by atoms with E-state index >= 15 is 9.59 Å². The standard InChI is InChI=1S/C49H57NO8/c1-27(2)14-13-22-46(9)23-20-32-38(51)36-39(52)34-26-47-30(6)37(47)42(53)48(24-19-29(5)43(54)50-25-21-31-15-11-12-16-35(31)55-10)49(34,44(47)45(7,8)58-48)57-41(36)33(40(32)56-46)18-17-28(3)4/h11-12,14-17,19-20,23,26,30,37,44,51H,13,18,21-22,24-25H2,1-10H3,(H,50,54)/b29-19-/t30-,37?,44?,46?,47-,48?,49?/m1/s1. The Hall–Kier alpha value is -4.89. The number of phenols is 1. The monoisotopic (exact) mass is 787 g/mol. The average molecular weight is 788 g/mol. The van der Waals surface area contributed by atoms with Crippen molar-refractivity contribution in [1.29, 1.82) is 0 Å². The summed E-state index contributed by atoms with van der Waals surface area (Å²) in [6, 6.07) is 7.71. The third-order valence-corrected chi connectivity index (χ3v) is 13.9. The van der Waals surface area contributed by atoms with Gasteiger partial charge in [-0.05, 0) is 111 Å². The van der Waals surface area contributed by atoms with E-state index in [2.05, 4.69) is 38.2 Å². The van der Waals surface area contributed by atoms with Crippen molar-refractivity contribution in [2.75, 3.05) is 13.7 Å². The van der Waals surface area contributed by atoms with Crippen LogP contribution in [0.1, 0.15) is 109 Å². The Morgan fingerprint density at radius 2 is 1.71 bits per heavy atom. The minimum absolute atomic E-state index is 0.0265. The smallest absolute Gasteiger partial charge is 0.246 e. The first kappa shape index (κ1) is 39.9. The van der Waals surface area contributed by atoms with Crippen molar-refractivity contribution < 1.29 is 38.4 Å². The summed E-state index contributed by atoms with van der Waals surface area (Å²) in [4.78, 5) is 44.0. The lowest BCUT2D eigenvalue weighted by molar-refractivity contribution is -0.167. The fourth-order valence-corrected chi connectivity index (χ4v) is 11.2. The van der Waals surface area contributed by atoms with E-state index in [1.54, 1.807) is 20.1 Å². The fourth-order valence-electron chi connectivity index (χ4n) is 11.2. The SMILES string of the molecule is COc1ccccc1CCNC(=O)/C(C)=C\CC12OC(C)(C)C3C14Oc1c(CC=C(C)C)c5c(c(O)c1C(=O)C4=C[C@@]31C(C2=O)[C@H]1C)C=CC(C)(CCC=C(C)C)O5. The van der Waals surface area contributed by atoms with E-state index < -0.39 is 27.8 Å². The number of fused-ring (bicyclic) bond motifs is 2. The Kier molecular flexibility index (Phi) is 9.35. The van der Waals surface area contributed by atoms with E-state index in [-0.39, 0.29) is 58.7 Å². The van der Waals surface area contributed by atoms with Crippen molar-refractivity contribution in [3.05, 3.63) is 99.2 Å². The van der Waals surface area contributed by atoms with Crippen LogP contribution >= 0.6 is 0 Å². The number of para-hydroxylation sites is 1. The second kappa shape index (κ2) is 13.6. The molecule has 2 aromatic rings. The van der Waals surface area contributed by atoms with Gasteiger partial charge in [-0.2, -0.15) is 0 Å². The lowest BCUT2D eigenvalue weighted by atomic mass is 9.59. The molecule has 6 aliphatic rings. The summed E-state index contributed by atoms with van der Waals surface area (Å²) in [5.74, 6) is -0.254. The van der Waals surface area contributed by atoms with Gasteiger partial charge < -0.3 is 29.4 Å². The van der Waals surface area contributed by atoms with Crippen molar-refractivity contribution in [2.24, 2.45) is 23.2 Å². The third-order valence-electron chi connectivity index (χ3n) is 13.9. The zero-order chi connectivity index (χ0) is 41.7. The second-order valence-electron chi connectivity index (χ2n) is 18.6. The molecular formula is C49H57NO8. The Morgan fingerprint density at radius 3 is 2.41 bits per heavy atom. The highest BCUT2D eigenvalue weighted by molar-refractivity contribution is 6.19. The molecule has 2 saturated carbocycles. The number of methoxy groups -OCH3 is 1. The number of benzene rings is 2. The number of allylic oxidation sites excluding steroid dienone is 5. The van der Waals surface area contributed by atoms with Crippen LogP contribution < -0.4 is 19.5 Å². The highest BCUT2D eigenvalue weighted by Crippen LogP contribution is 2.84. The van der Waals surface area contributed by atoms with E-state index in [4.69, 9.17) is 18.9 Å². The predicted octanol–water partition coefficient (Wildman–Crippen LogP) is 8.77. The number of Topliss-reactive ketones (excluding diaryl/α,β-unsaturated/α-hetero) is 2. The van der Waals surface area contributed by atoms with Gasteiger partial charge in [0.1, 0.15) is 34.2 Å². The largest absolute Gasteiger partial charge is 0.506 e. The van der Waals surface area contributed by atoms with Gasteiger partial charge in [0.25, 0.3) is 0 Å². The van der Waals surface area contributed by atoms with Gasteiger partial charge in [-0.3, -0.25) is 14.4 Å². The highest BCUT2D eigenvalue weighted by atomic mass is 16.6. The van der Waals surface area contributed by atoms with E-state index in [1.165, 1.54) is 5.57 Å². The van der Waals surface area contributed by atoms with E-state index in [0.29, 0.717) is 53.8 Å². The topological polar surface area (TPSA) is 120 Å². The van der Waals surface area contributed by atoms with Crippen molar-refractivity contribution in [3.8, 4) is 23.0 Å². The minimum atomic E-state index is -1.62. The number of hydrogen-bond donors (Lipinski definition) is 2. The molecule has 3 heterocycles. The zero-order valence-corrected chi connectivity index (χ0v) is 35.6. The molecule has 4 bridgehead atoms. The number of ether oxygens (including phenoxy) is 4. The van der Waals surface area contributed by atoms with Gasteiger partial charge in [0.2, 0.25) is 5.91 Å². The number of nitrogens with one attached hydrogen (secondary N) is 1. The van der Waals surface area contributed by atoms with Gasteiger partial charge >= 0.3 is 0 Å². The summed E-state index contributed by atoms with van der Waals surface area (Å²) in [5.41, 5.74) is -0.0849. The molecule has 8 rings (SSSR count). The van der Waals surface area contributed by atoms with Gasteiger partial charge in [-0.1, -0.05) is 60.6 Å². The van der Waals surface area contributed by atoms with Gasteiger partial charge in [0.05, 0.1) is 18.3 Å². The molecule has 3 fully saturated rings. The van der Waals surface area contributed by atoms with Crippen LogP contribution in [0.5, 0.6) is 23.0 Å². The lowest BCUT2D eigenvalue weighted by Gasteiger charge is -2.50. The maximum absolute atomic E-state index is 15.3. The summed E-state index contributed by atoms with van der Waals surface area (Å²) < 4.78 is 26.9. The molecule has 58 heavy (non-hydrogen) atoms. The Bertz CT molecular complexity index is 2300. The number of ketones is 2. The number of aromatic hydroxyl groups is 1. The normalized spacial score (nSPS) is 31.4. The number of phenolic OH excluding ortho intramolecular Hbond substituents is 1. The van der Waals surface area contributed by atoms with Crippen LogP contribution in [0.4, 0.5) is 0 Å². The lowest BCUT2D eigenvalue weighted by Crippen LogP contribution is -2.67. The average Bonchev–Trinajstić information content (AvgIpc) is 3.54. The molecule has 306 valence electrons. The van der Waals surface area contributed by atoms with Crippen LogP contribution in [0.25, 0.3) is 6.08 Å². The van der Waals surface area contributed by atoms with E-state index in [1.807, 2.05) is 77.1 Å². The molecule has 3 aliphatic carbocycles. The first-order valence-corrected chi connectivity index (χ1v) is 20.7. The number of amides is 1. The Morgan fingerprint density at radius 1 is 0.983 bits per heavy atom. The van der Waals surface area contributed by atoms with E-state index in [0.717, 1.165) is 23.3 Å². The summed E-state index contributed by atoms with van der Waals surface area (Å²) in [6.45, 7) is 18.4. The maximum atomic E-state index is 15.3. The number of carbonyl (C=O) groups excluding carboxylic acids is 3. The number of rotatable bonds is 12. The first-order valence-electron chi connectivity index (χ1n) is 20.7. The Labute approximate surface area is 342 Å². The Balaban J connectivity index is 1.22. The predicted molar refractivity (Wildman–Crippen MR) is 223 cm³/mol. The van der Waals surface area contributed by atoms with Crippen LogP contribution in [0.15, 0.2) is 76.9 Å².